The zero-order valence-electron chi connectivity index (χ0n) is 11.1. The minimum absolute atomic E-state index is 0.189. The van der Waals surface area contributed by atoms with Gasteiger partial charge in [-0.2, -0.15) is 0 Å². The average molecular weight is 260 g/mol. The maximum Gasteiger partial charge on any atom is 0.196 e. The number of hydrogen-bond acceptors (Lipinski definition) is 1. The Labute approximate surface area is 110 Å². The largest absolute Gasteiger partial charge is 0.288 e. The fourth-order valence-electron chi connectivity index (χ4n) is 1.86. The molecule has 0 aliphatic carbocycles. The first-order valence-corrected chi connectivity index (χ1v) is 5.97. The van der Waals surface area contributed by atoms with E-state index in [1.54, 1.807) is 18.2 Å². The van der Waals surface area contributed by atoms with Crippen molar-refractivity contribution in [2.75, 3.05) is 0 Å². The normalized spacial score (nSPS) is 10.6. The van der Waals surface area contributed by atoms with Crippen molar-refractivity contribution >= 4 is 5.78 Å². The van der Waals surface area contributed by atoms with Gasteiger partial charge in [-0.25, -0.2) is 8.78 Å². The van der Waals surface area contributed by atoms with E-state index in [2.05, 4.69) is 0 Å². The number of benzene rings is 2. The lowest BCUT2D eigenvalue weighted by Crippen LogP contribution is -2.06. The van der Waals surface area contributed by atoms with Gasteiger partial charge in [0.2, 0.25) is 0 Å². The Bertz CT molecular complexity index is 660. The zero-order valence-corrected chi connectivity index (χ0v) is 11.1. The minimum atomic E-state index is -0.692. The summed E-state index contributed by atoms with van der Waals surface area (Å²) in [6.45, 7) is 5.26. The number of hydrogen-bond donors (Lipinski definition) is 0. The van der Waals surface area contributed by atoms with Crippen LogP contribution in [-0.2, 0) is 0 Å². The molecule has 0 radical (unpaired) electrons. The molecule has 0 fully saturated rings. The van der Waals surface area contributed by atoms with Crippen LogP contribution in [0.4, 0.5) is 8.78 Å². The van der Waals surface area contributed by atoms with Crippen molar-refractivity contribution < 1.29 is 13.6 Å². The van der Waals surface area contributed by atoms with E-state index in [-0.39, 0.29) is 11.1 Å². The molecular formula is C16H14F2O. The highest BCUT2D eigenvalue weighted by atomic mass is 19.1. The Balaban J connectivity index is 2.49. The number of halogens is 2. The summed E-state index contributed by atoms with van der Waals surface area (Å²) in [4.78, 5) is 12.2. The molecule has 0 spiro atoms. The highest BCUT2D eigenvalue weighted by Crippen LogP contribution is 2.19. The van der Waals surface area contributed by atoms with Crippen LogP contribution in [0.3, 0.4) is 0 Å². The van der Waals surface area contributed by atoms with Crippen LogP contribution >= 0.6 is 0 Å². The second-order valence-corrected chi connectivity index (χ2v) is 4.71. The maximum absolute atomic E-state index is 13.8. The molecule has 2 rings (SSSR count). The zero-order chi connectivity index (χ0) is 14.2. The molecule has 1 nitrogen and oxygen atoms in total. The molecule has 0 unspecified atom stereocenters. The number of ketones is 1. The lowest BCUT2D eigenvalue weighted by molar-refractivity contribution is 0.103. The van der Waals surface area contributed by atoms with Gasteiger partial charge in [-0.3, -0.25) is 4.79 Å². The van der Waals surface area contributed by atoms with Gasteiger partial charge in [-0.05, 0) is 55.7 Å². The third-order valence-electron chi connectivity index (χ3n) is 3.26. The Morgan fingerprint density at radius 3 is 2.16 bits per heavy atom. The highest BCUT2D eigenvalue weighted by molar-refractivity contribution is 6.09. The third kappa shape index (κ3) is 2.55. The van der Waals surface area contributed by atoms with E-state index in [0.29, 0.717) is 5.56 Å². The van der Waals surface area contributed by atoms with Gasteiger partial charge in [0.15, 0.2) is 5.78 Å². The molecule has 0 bridgehead atoms. The van der Waals surface area contributed by atoms with Crippen LogP contribution in [0.5, 0.6) is 0 Å². The number of carbonyl (C=O) groups is 1. The monoisotopic (exact) mass is 260 g/mol. The van der Waals surface area contributed by atoms with Gasteiger partial charge in [0.05, 0.1) is 5.56 Å². The topological polar surface area (TPSA) is 17.1 Å². The molecule has 0 aliphatic heterocycles. The van der Waals surface area contributed by atoms with Crippen LogP contribution in [0.2, 0.25) is 0 Å². The number of carbonyl (C=O) groups excluding carboxylic acids is 1. The van der Waals surface area contributed by atoms with Gasteiger partial charge in [-0.1, -0.05) is 12.1 Å². The fraction of sp³-hybridized carbons (Fsp3) is 0.188. The average Bonchev–Trinajstić information content (AvgIpc) is 2.36. The Kier molecular flexibility index (Phi) is 3.47. The summed E-state index contributed by atoms with van der Waals surface area (Å²) < 4.78 is 27.2. The second kappa shape index (κ2) is 4.92. The van der Waals surface area contributed by atoms with Crippen molar-refractivity contribution in [2.24, 2.45) is 0 Å². The molecule has 0 aliphatic rings. The maximum atomic E-state index is 13.8. The molecule has 0 saturated heterocycles. The molecular weight excluding hydrogens is 246 g/mol. The summed E-state index contributed by atoms with van der Waals surface area (Å²) in [5, 5.41) is 0. The molecule has 2 aromatic carbocycles. The van der Waals surface area contributed by atoms with Gasteiger partial charge < -0.3 is 0 Å². The lowest BCUT2D eigenvalue weighted by atomic mass is 9.98. The minimum Gasteiger partial charge on any atom is -0.288 e. The molecule has 0 amide bonds. The second-order valence-electron chi connectivity index (χ2n) is 4.71. The first-order chi connectivity index (χ1) is 8.90. The van der Waals surface area contributed by atoms with E-state index >= 15 is 0 Å². The van der Waals surface area contributed by atoms with Crippen LogP contribution in [-0.4, -0.2) is 5.78 Å². The van der Waals surface area contributed by atoms with Gasteiger partial charge in [0.1, 0.15) is 11.6 Å². The Hall–Kier alpha value is -2.03. The van der Waals surface area contributed by atoms with Crippen molar-refractivity contribution in [3.05, 3.63) is 69.8 Å². The van der Waals surface area contributed by atoms with Crippen molar-refractivity contribution in [3.63, 3.8) is 0 Å². The highest BCUT2D eigenvalue weighted by Gasteiger charge is 2.16. The summed E-state index contributed by atoms with van der Waals surface area (Å²) in [5.74, 6) is -1.77. The lowest BCUT2D eigenvalue weighted by Gasteiger charge is -2.07. The molecule has 0 heterocycles. The predicted octanol–water partition coefficient (Wildman–Crippen LogP) is 4.12. The Morgan fingerprint density at radius 2 is 1.53 bits per heavy atom. The molecule has 2 aromatic rings. The van der Waals surface area contributed by atoms with E-state index in [0.717, 1.165) is 23.3 Å². The molecule has 0 saturated carbocycles. The molecule has 0 aromatic heterocycles. The van der Waals surface area contributed by atoms with Crippen LogP contribution < -0.4 is 0 Å². The third-order valence-corrected chi connectivity index (χ3v) is 3.26. The molecule has 0 atom stereocenters. The summed E-state index contributed by atoms with van der Waals surface area (Å²) in [6, 6.07) is 7.12. The van der Waals surface area contributed by atoms with E-state index in [4.69, 9.17) is 0 Å². The number of aryl methyl sites for hydroxylation is 3. The number of rotatable bonds is 2. The van der Waals surface area contributed by atoms with E-state index in [1.165, 1.54) is 6.92 Å². The summed E-state index contributed by atoms with van der Waals surface area (Å²) in [5.41, 5.74) is 2.32. The quantitative estimate of drug-likeness (QED) is 0.742. The van der Waals surface area contributed by atoms with Gasteiger partial charge in [0, 0.05) is 5.56 Å². The molecule has 3 heteroatoms. The van der Waals surface area contributed by atoms with Crippen LogP contribution in [0, 0.1) is 32.4 Å². The first-order valence-electron chi connectivity index (χ1n) is 5.97. The fourth-order valence-corrected chi connectivity index (χ4v) is 1.86. The van der Waals surface area contributed by atoms with Gasteiger partial charge >= 0.3 is 0 Å². The van der Waals surface area contributed by atoms with Crippen LogP contribution in [0.1, 0.15) is 32.6 Å². The van der Waals surface area contributed by atoms with Crippen LogP contribution in [0.25, 0.3) is 0 Å². The molecule has 0 N–H and O–H groups in total. The smallest absolute Gasteiger partial charge is 0.196 e. The van der Waals surface area contributed by atoms with Crippen molar-refractivity contribution in [2.45, 2.75) is 20.8 Å². The predicted molar refractivity (Wildman–Crippen MR) is 70.4 cm³/mol. The van der Waals surface area contributed by atoms with E-state index in [1.807, 2.05) is 13.8 Å². The van der Waals surface area contributed by atoms with Crippen LogP contribution in [0.15, 0.2) is 30.3 Å². The van der Waals surface area contributed by atoms with Crippen molar-refractivity contribution in [1.29, 1.82) is 0 Å². The standard InChI is InChI=1S/C16H14F2O/c1-9-4-5-12(6-10(9)2)16(19)13-8-14(17)11(3)7-15(13)18/h4-8H,1-3H3. The van der Waals surface area contributed by atoms with Gasteiger partial charge in [-0.15, -0.1) is 0 Å². The Morgan fingerprint density at radius 1 is 0.842 bits per heavy atom. The summed E-state index contributed by atoms with van der Waals surface area (Å²) >= 11 is 0. The molecule has 98 valence electrons. The van der Waals surface area contributed by atoms with E-state index < -0.39 is 17.4 Å². The van der Waals surface area contributed by atoms with Crippen molar-refractivity contribution in [3.8, 4) is 0 Å². The van der Waals surface area contributed by atoms with E-state index in [9.17, 15) is 13.6 Å². The molecule has 19 heavy (non-hydrogen) atoms. The summed E-state index contributed by atoms with van der Waals surface area (Å²) in [7, 11) is 0. The van der Waals surface area contributed by atoms with Crippen molar-refractivity contribution in [1.82, 2.24) is 0 Å². The van der Waals surface area contributed by atoms with Gasteiger partial charge in [0.25, 0.3) is 0 Å². The summed E-state index contributed by atoms with van der Waals surface area (Å²) in [6.07, 6.45) is 0. The SMILES string of the molecule is Cc1ccc(C(=O)c2cc(F)c(C)cc2F)cc1C. The first kappa shape index (κ1) is 13.4.